The van der Waals surface area contributed by atoms with Gasteiger partial charge in [-0.2, -0.15) is 0 Å². The molecule has 62 heavy (non-hydrogen) atoms. The Morgan fingerprint density at radius 3 is 0.548 bits per heavy atom. The lowest BCUT2D eigenvalue weighted by molar-refractivity contribution is 1.12. The van der Waals surface area contributed by atoms with Crippen LogP contribution in [0.2, 0.25) is 0 Å². The van der Waals surface area contributed by atoms with Crippen molar-refractivity contribution in [3.63, 3.8) is 0 Å². The minimum atomic E-state index is 0.243. The molecule has 9 rings (SSSR count). The molecule has 0 bridgehead atoms. The van der Waals surface area contributed by atoms with Crippen molar-refractivity contribution < 1.29 is 0 Å². The monoisotopic (exact) mass is 1270 g/mol. The number of hydrogen-bond acceptors (Lipinski definition) is 26. The Bertz CT molecular complexity index is 1960. The van der Waals surface area contributed by atoms with E-state index in [0.717, 1.165) is 71.7 Å². The van der Waals surface area contributed by atoms with Crippen LogP contribution in [-0.2, 0) is 0 Å². The Balaban J connectivity index is 0.763. The smallest absolute Gasteiger partial charge is 0.265 e. The summed E-state index contributed by atoms with van der Waals surface area (Å²) < 4.78 is 23.7. The van der Waals surface area contributed by atoms with Crippen molar-refractivity contribution in [3.8, 4) is 0 Å². The standard InChI is InChI=1S/C36H36O2S24/c37-35-59-27-28(60-35)48-16-4-12-44-24-23(43-11-3-15-47-27)55-33(56-24)31-51-19-21(53-31)41-9-2-10-42-22-20(40-8-1-7-39-19)52-32(54-22)34-57-25-26(58-34)46-14-6-18-50-30-29(61-36(38)62-30)49-17-5-13-45-25/h1-18H2. The fraction of sp³-hybridized carbons (Fsp3) is 0.500. The molecule has 2 aromatic rings. The number of hydrogen-bond donors (Lipinski definition) is 0. The van der Waals surface area contributed by atoms with Crippen LogP contribution in [-0.4, -0.2) is 69.0 Å². The normalized spacial score (nSPS) is 24.0. The molecule has 7 aliphatic heterocycles. The van der Waals surface area contributed by atoms with Crippen molar-refractivity contribution >= 4 is 281 Å². The van der Waals surface area contributed by atoms with Crippen molar-refractivity contribution in [3.05, 3.63) is 68.5 Å². The number of thioether (sulfide) groups is 20. The fourth-order valence-corrected chi connectivity index (χ4v) is 41.0. The summed E-state index contributed by atoms with van der Waals surface area (Å²) in [5.74, 6) is 13.6. The van der Waals surface area contributed by atoms with Crippen LogP contribution in [0.3, 0.4) is 0 Å². The van der Waals surface area contributed by atoms with Gasteiger partial charge in [0.15, 0.2) is 0 Å². The zero-order valence-corrected chi connectivity index (χ0v) is 51.9. The minimum Gasteiger partial charge on any atom is -0.265 e. The highest BCUT2D eigenvalue weighted by Gasteiger charge is 2.33. The second-order valence-electron chi connectivity index (χ2n) is 12.6. The molecule has 0 aromatic carbocycles. The van der Waals surface area contributed by atoms with Gasteiger partial charge in [0.1, 0.15) is 0 Å². The molecule has 2 nitrogen and oxygen atoms in total. The lowest BCUT2D eigenvalue weighted by Crippen LogP contribution is -1.88. The number of rotatable bonds is 0. The average Bonchev–Trinajstić information content (AvgIpc) is 4.12. The highest BCUT2D eigenvalue weighted by molar-refractivity contribution is 8.46. The maximum atomic E-state index is 12.1. The molecule has 0 radical (unpaired) electrons. The third-order valence-corrected chi connectivity index (χ3v) is 42.4. The molecular formula is C36H36O2S24. The molecule has 9 heterocycles. The third kappa shape index (κ3) is 15.1. The summed E-state index contributed by atoms with van der Waals surface area (Å²) in [5.41, 5.74) is 0. The van der Waals surface area contributed by atoms with E-state index in [2.05, 4.69) is 141 Å². The average molecular weight is 1270 g/mol. The van der Waals surface area contributed by atoms with Crippen molar-refractivity contribution in [1.29, 1.82) is 0 Å². The predicted octanol–water partition coefficient (Wildman–Crippen LogP) is 19.6. The van der Waals surface area contributed by atoms with Gasteiger partial charge in [0.2, 0.25) is 0 Å². The topological polar surface area (TPSA) is 34.1 Å². The molecule has 0 N–H and O–H groups in total. The summed E-state index contributed by atoms with van der Waals surface area (Å²) in [4.78, 5) is 24.2. The van der Waals surface area contributed by atoms with Crippen LogP contribution in [0.5, 0.6) is 0 Å². The second kappa shape index (κ2) is 27.4. The SMILES string of the molecule is O=c1sc2c(s1)SCCCSC1=C(SCCCS2)SC(=C2SC3=C(SCCCSC4=C(SCCCS3)SC(=C3SC5=C(SCCCSc6sc(=O)sc6SCCCS5)S3)S4)S2)S1. The first-order chi connectivity index (χ1) is 30.5. The molecular weight excluding hydrogens is 1230 g/mol. The van der Waals surface area contributed by atoms with E-state index in [0.29, 0.717) is 0 Å². The molecule has 0 atom stereocenters. The zero-order valence-electron chi connectivity index (χ0n) is 32.3. The summed E-state index contributed by atoms with van der Waals surface area (Å²) in [6, 6.07) is 0. The lowest BCUT2D eigenvalue weighted by Gasteiger charge is -2.08. The van der Waals surface area contributed by atoms with Crippen LogP contribution in [0.1, 0.15) is 38.5 Å². The third-order valence-electron chi connectivity index (χ3n) is 8.05. The van der Waals surface area contributed by atoms with E-state index < -0.39 is 0 Å². The summed E-state index contributed by atoms with van der Waals surface area (Å²) in [7, 11) is 0. The Hall–Kier alpha value is 5.14. The van der Waals surface area contributed by atoms with Crippen LogP contribution in [0.25, 0.3) is 0 Å². The first-order valence-electron chi connectivity index (χ1n) is 19.2. The van der Waals surface area contributed by atoms with E-state index in [1.807, 2.05) is 94.1 Å². The Morgan fingerprint density at radius 1 is 0.210 bits per heavy atom. The van der Waals surface area contributed by atoms with Gasteiger partial charge < -0.3 is 0 Å². The first-order valence-corrected chi connectivity index (χ1v) is 40.8. The van der Waals surface area contributed by atoms with Gasteiger partial charge in [0, 0.05) is 0 Å². The summed E-state index contributed by atoms with van der Waals surface area (Å²) in [6.45, 7) is 0. The maximum Gasteiger partial charge on any atom is 0.289 e. The minimum absolute atomic E-state index is 0.243. The zero-order chi connectivity index (χ0) is 42.1. The number of fused-ring (bicyclic) bond motifs is 2. The van der Waals surface area contributed by atoms with Crippen LogP contribution in [0, 0.1) is 0 Å². The van der Waals surface area contributed by atoms with Gasteiger partial charge in [-0.15, -0.1) is 141 Å². The molecule has 0 spiro atoms. The maximum absolute atomic E-state index is 12.1. The molecule has 26 heteroatoms. The second-order valence-corrected chi connectivity index (χ2v) is 42.6. The van der Waals surface area contributed by atoms with Gasteiger partial charge in [-0.3, -0.25) is 9.59 Å². The van der Waals surface area contributed by atoms with Gasteiger partial charge in [0.25, 0.3) is 8.11 Å². The predicted molar refractivity (Wildman–Crippen MR) is 330 cm³/mol. The van der Waals surface area contributed by atoms with Crippen LogP contribution in [0.15, 0.2) is 77.3 Å². The Labute approximate surface area is 466 Å². The van der Waals surface area contributed by atoms with E-state index in [1.54, 1.807) is 16.9 Å². The Morgan fingerprint density at radius 2 is 0.371 bits per heavy atom. The van der Waals surface area contributed by atoms with E-state index in [1.165, 1.54) is 132 Å². The van der Waals surface area contributed by atoms with Crippen LogP contribution in [0.4, 0.5) is 0 Å². The summed E-state index contributed by atoms with van der Waals surface area (Å²) >= 11 is 46.4. The van der Waals surface area contributed by atoms with E-state index in [4.69, 9.17) is 0 Å². The van der Waals surface area contributed by atoms with E-state index in [-0.39, 0.29) is 8.11 Å². The van der Waals surface area contributed by atoms with Crippen molar-refractivity contribution in [1.82, 2.24) is 0 Å². The van der Waals surface area contributed by atoms with Crippen molar-refractivity contribution in [2.45, 2.75) is 55.4 Å². The molecule has 0 saturated carbocycles. The molecule has 7 aliphatic rings. The first kappa shape index (κ1) is 52.0. The largest absolute Gasteiger partial charge is 0.289 e. The van der Waals surface area contributed by atoms with Crippen molar-refractivity contribution in [2.75, 3.05) is 69.0 Å². The molecule has 0 saturated heterocycles. The van der Waals surface area contributed by atoms with Gasteiger partial charge in [-0.05, 0) is 108 Å². The quantitative estimate of drug-likeness (QED) is 0.251. The fourth-order valence-electron chi connectivity index (χ4n) is 5.33. The summed E-state index contributed by atoms with van der Waals surface area (Å²) in [5, 5.41) is 0. The van der Waals surface area contributed by atoms with E-state index in [9.17, 15) is 9.59 Å². The van der Waals surface area contributed by atoms with Gasteiger partial charge in [0.05, 0.1) is 67.7 Å². The molecule has 336 valence electrons. The molecule has 2 aromatic heterocycles. The van der Waals surface area contributed by atoms with Crippen molar-refractivity contribution in [2.24, 2.45) is 0 Å². The van der Waals surface area contributed by atoms with Gasteiger partial charge in [-0.1, -0.05) is 139 Å². The lowest BCUT2D eigenvalue weighted by atomic mass is 10.6. The molecule has 0 unspecified atom stereocenters. The van der Waals surface area contributed by atoms with Crippen LogP contribution < -0.4 is 8.11 Å². The molecule has 0 amide bonds. The van der Waals surface area contributed by atoms with Gasteiger partial charge in [-0.25, -0.2) is 0 Å². The molecule has 0 fully saturated rings. The summed E-state index contributed by atoms with van der Waals surface area (Å²) in [6.07, 6.45) is 7.08. The Kier molecular flexibility index (Phi) is 23.0. The van der Waals surface area contributed by atoms with E-state index >= 15 is 0 Å². The molecule has 0 aliphatic carbocycles. The van der Waals surface area contributed by atoms with Gasteiger partial charge >= 0.3 is 0 Å². The highest BCUT2D eigenvalue weighted by Crippen LogP contribution is 2.68. The van der Waals surface area contributed by atoms with Crippen LogP contribution >= 0.6 is 281 Å². The highest BCUT2D eigenvalue weighted by atomic mass is 32.3.